The summed E-state index contributed by atoms with van der Waals surface area (Å²) in [5.74, 6) is -0.0876. The Balaban J connectivity index is 2.00. The van der Waals surface area contributed by atoms with E-state index in [2.05, 4.69) is 6.92 Å². The zero-order valence-electron chi connectivity index (χ0n) is 9.69. The molecule has 0 saturated carbocycles. The topological polar surface area (TPSA) is 26.3 Å². The summed E-state index contributed by atoms with van der Waals surface area (Å²) in [7, 11) is 0. The first-order valence-corrected chi connectivity index (χ1v) is 6.06. The molecule has 0 spiro atoms. The molecule has 2 rings (SSSR count). The fourth-order valence-corrected chi connectivity index (χ4v) is 2.22. The number of hydrogen-bond donors (Lipinski definition) is 0. The van der Waals surface area contributed by atoms with Crippen molar-refractivity contribution < 1.29 is 9.53 Å². The highest BCUT2D eigenvalue weighted by atomic mass is 16.5. The van der Waals surface area contributed by atoms with Crippen LogP contribution in [0.5, 0.6) is 0 Å². The van der Waals surface area contributed by atoms with Gasteiger partial charge in [-0.2, -0.15) is 0 Å². The Kier molecular flexibility index (Phi) is 3.60. The normalized spacial score (nSPS) is 24.4. The molecule has 2 heteroatoms. The minimum atomic E-state index is -0.0488. The number of benzene rings is 1. The molecule has 86 valence electrons. The van der Waals surface area contributed by atoms with Gasteiger partial charge in [0.25, 0.3) is 0 Å². The lowest BCUT2D eigenvalue weighted by atomic mass is 9.94. The third kappa shape index (κ3) is 2.43. The quantitative estimate of drug-likeness (QED) is 0.725. The van der Waals surface area contributed by atoms with Crippen LogP contribution in [0.1, 0.15) is 44.1 Å². The van der Waals surface area contributed by atoms with Gasteiger partial charge in [-0.15, -0.1) is 0 Å². The van der Waals surface area contributed by atoms with E-state index in [1.165, 1.54) is 0 Å². The Labute approximate surface area is 96.6 Å². The average molecular weight is 218 g/mol. The largest absolute Gasteiger partial charge is 0.462 e. The van der Waals surface area contributed by atoms with E-state index in [4.69, 9.17) is 4.74 Å². The molecule has 1 heterocycles. The summed E-state index contributed by atoms with van der Waals surface area (Å²) >= 11 is 0. The zero-order valence-corrected chi connectivity index (χ0v) is 9.69. The lowest BCUT2D eigenvalue weighted by Crippen LogP contribution is -2.06. The summed E-state index contributed by atoms with van der Waals surface area (Å²) in [4.78, 5) is 11.7. The van der Waals surface area contributed by atoms with Crippen molar-refractivity contribution >= 4 is 5.97 Å². The average Bonchev–Trinajstić information content (AvgIpc) is 2.69. The first-order valence-electron chi connectivity index (χ1n) is 6.06. The monoisotopic (exact) mass is 218 g/mol. The Morgan fingerprint density at radius 2 is 2.06 bits per heavy atom. The highest BCUT2D eigenvalue weighted by Crippen LogP contribution is 2.32. The molecule has 1 fully saturated rings. The summed E-state index contributed by atoms with van der Waals surface area (Å²) in [6.45, 7) is 2.16. The standard InChI is InChI=1S/C14H18O2/c1-2-3-9-12-10-13(14(15)16-12)11-7-5-4-6-8-11/h4-8,12-13H,2-3,9-10H2,1H3/t12-,13+/m0/s1. The maximum atomic E-state index is 11.7. The van der Waals surface area contributed by atoms with E-state index >= 15 is 0 Å². The second kappa shape index (κ2) is 5.15. The molecule has 0 aromatic heterocycles. The van der Waals surface area contributed by atoms with Crippen LogP contribution in [0.3, 0.4) is 0 Å². The molecular formula is C14H18O2. The number of ether oxygens (including phenoxy) is 1. The molecule has 2 atom stereocenters. The molecule has 1 aromatic rings. The summed E-state index contributed by atoms with van der Waals surface area (Å²) in [6, 6.07) is 9.94. The molecule has 1 saturated heterocycles. The van der Waals surface area contributed by atoms with Gasteiger partial charge in [-0.25, -0.2) is 0 Å². The smallest absolute Gasteiger partial charge is 0.313 e. The Morgan fingerprint density at radius 3 is 2.75 bits per heavy atom. The number of cyclic esters (lactones) is 1. The third-order valence-corrected chi connectivity index (χ3v) is 3.15. The van der Waals surface area contributed by atoms with Gasteiger partial charge in [0, 0.05) is 6.42 Å². The highest BCUT2D eigenvalue weighted by molar-refractivity contribution is 5.80. The summed E-state index contributed by atoms with van der Waals surface area (Å²) in [5.41, 5.74) is 1.09. The number of carbonyl (C=O) groups is 1. The van der Waals surface area contributed by atoms with Gasteiger partial charge in [0.1, 0.15) is 6.10 Å². The van der Waals surface area contributed by atoms with Crippen LogP contribution in [0.4, 0.5) is 0 Å². The van der Waals surface area contributed by atoms with Crippen molar-refractivity contribution in [3.63, 3.8) is 0 Å². The zero-order chi connectivity index (χ0) is 11.4. The van der Waals surface area contributed by atoms with E-state index in [1.807, 2.05) is 30.3 Å². The van der Waals surface area contributed by atoms with Crippen LogP contribution in [0, 0.1) is 0 Å². The van der Waals surface area contributed by atoms with Crippen LogP contribution in [0.15, 0.2) is 30.3 Å². The maximum absolute atomic E-state index is 11.7. The van der Waals surface area contributed by atoms with Gasteiger partial charge in [0.2, 0.25) is 0 Å². The number of rotatable bonds is 4. The minimum Gasteiger partial charge on any atom is -0.462 e. The van der Waals surface area contributed by atoms with Gasteiger partial charge in [-0.1, -0.05) is 50.1 Å². The summed E-state index contributed by atoms with van der Waals surface area (Å²) in [5, 5.41) is 0. The van der Waals surface area contributed by atoms with Crippen LogP contribution in [-0.4, -0.2) is 12.1 Å². The molecule has 1 aliphatic rings. The van der Waals surface area contributed by atoms with Crippen molar-refractivity contribution in [1.29, 1.82) is 0 Å². The predicted molar refractivity (Wildman–Crippen MR) is 63.2 cm³/mol. The van der Waals surface area contributed by atoms with Crippen molar-refractivity contribution in [2.45, 2.75) is 44.6 Å². The predicted octanol–water partition coefficient (Wildman–Crippen LogP) is 3.28. The van der Waals surface area contributed by atoms with Gasteiger partial charge < -0.3 is 4.74 Å². The first-order chi connectivity index (χ1) is 7.81. The van der Waals surface area contributed by atoms with E-state index in [1.54, 1.807) is 0 Å². The number of hydrogen-bond acceptors (Lipinski definition) is 2. The molecule has 0 unspecified atom stereocenters. The Morgan fingerprint density at radius 1 is 1.31 bits per heavy atom. The van der Waals surface area contributed by atoms with Crippen LogP contribution in [0.2, 0.25) is 0 Å². The van der Waals surface area contributed by atoms with E-state index < -0.39 is 0 Å². The van der Waals surface area contributed by atoms with Crippen LogP contribution >= 0.6 is 0 Å². The first kappa shape index (κ1) is 11.2. The lowest BCUT2D eigenvalue weighted by molar-refractivity contribution is -0.142. The maximum Gasteiger partial charge on any atom is 0.313 e. The van der Waals surface area contributed by atoms with Crippen LogP contribution in [0.25, 0.3) is 0 Å². The molecule has 0 radical (unpaired) electrons. The van der Waals surface area contributed by atoms with Crippen molar-refractivity contribution in [3.8, 4) is 0 Å². The van der Waals surface area contributed by atoms with Crippen molar-refractivity contribution in [1.82, 2.24) is 0 Å². The summed E-state index contributed by atoms with van der Waals surface area (Å²) < 4.78 is 5.39. The van der Waals surface area contributed by atoms with Gasteiger partial charge in [-0.3, -0.25) is 4.79 Å². The number of carbonyl (C=O) groups excluding carboxylic acids is 1. The van der Waals surface area contributed by atoms with Gasteiger partial charge in [0.15, 0.2) is 0 Å². The second-order valence-electron chi connectivity index (χ2n) is 4.40. The molecule has 1 aromatic carbocycles. The van der Waals surface area contributed by atoms with Crippen molar-refractivity contribution in [2.24, 2.45) is 0 Å². The Hall–Kier alpha value is -1.31. The molecule has 0 amide bonds. The van der Waals surface area contributed by atoms with Gasteiger partial charge in [-0.05, 0) is 12.0 Å². The Bertz CT molecular complexity index is 345. The van der Waals surface area contributed by atoms with E-state index in [0.717, 1.165) is 31.2 Å². The molecule has 0 N–H and O–H groups in total. The van der Waals surface area contributed by atoms with E-state index in [0.29, 0.717) is 0 Å². The van der Waals surface area contributed by atoms with E-state index in [9.17, 15) is 4.79 Å². The number of unbranched alkanes of at least 4 members (excludes halogenated alkanes) is 1. The minimum absolute atomic E-state index is 0.0388. The van der Waals surface area contributed by atoms with Crippen molar-refractivity contribution in [2.75, 3.05) is 0 Å². The third-order valence-electron chi connectivity index (χ3n) is 3.15. The molecule has 0 bridgehead atoms. The van der Waals surface area contributed by atoms with Crippen LogP contribution < -0.4 is 0 Å². The van der Waals surface area contributed by atoms with Gasteiger partial charge in [0.05, 0.1) is 5.92 Å². The highest BCUT2D eigenvalue weighted by Gasteiger charge is 2.34. The molecule has 1 aliphatic heterocycles. The van der Waals surface area contributed by atoms with Gasteiger partial charge >= 0.3 is 5.97 Å². The summed E-state index contributed by atoms with van der Waals surface area (Å²) in [6.07, 6.45) is 4.29. The van der Waals surface area contributed by atoms with Crippen LogP contribution in [-0.2, 0) is 9.53 Å². The molecule has 0 aliphatic carbocycles. The molecule has 16 heavy (non-hydrogen) atoms. The second-order valence-corrected chi connectivity index (χ2v) is 4.40. The fourth-order valence-electron chi connectivity index (χ4n) is 2.22. The SMILES string of the molecule is CCCC[C@H]1C[C@H](c2ccccc2)C(=O)O1. The van der Waals surface area contributed by atoms with E-state index in [-0.39, 0.29) is 18.0 Å². The molecular weight excluding hydrogens is 200 g/mol. The fraction of sp³-hybridized carbons (Fsp3) is 0.500. The number of esters is 1. The van der Waals surface area contributed by atoms with Crippen molar-refractivity contribution in [3.05, 3.63) is 35.9 Å². The molecule has 2 nitrogen and oxygen atoms in total. The lowest BCUT2D eigenvalue weighted by Gasteiger charge is -2.06.